The maximum absolute atomic E-state index is 10.8. The van der Waals surface area contributed by atoms with Crippen molar-refractivity contribution in [3.05, 3.63) is 59.7 Å². The summed E-state index contributed by atoms with van der Waals surface area (Å²) in [5, 5.41) is 0. The maximum atomic E-state index is 10.8. The van der Waals surface area contributed by atoms with Gasteiger partial charge in [-0.3, -0.25) is 24.0 Å². The van der Waals surface area contributed by atoms with E-state index in [9.17, 15) is 47.9 Å². The largest absolute Gasteiger partial charge is 0.393 e. The normalized spacial score (nSPS) is 18.1. The predicted octanol–water partition coefficient (Wildman–Crippen LogP) is 0.729. The Morgan fingerprint density at radius 1 is 0.488 bits per heavy atom. The van der Waals surface area contributed by atoms with Gasteiger partial charge < -0.3 is 23.7 Å². The lowest BCUT2D eigenvalue weighted by atomic mass is 10.1. The molecule has 3 saturated heterocycles. The van der Waals surface area contributed by atoms with Crippen LogP contribution in [0.2, 0.25) is 0 Å². The Bertz CT molecular complexity index is 1270. The fraction of sp³-hybridized carbons (Fsp3) is 0.231. The third-order valence-electron chi connectivity index (χ3n) is 4.71. The third-order valence-corrected chi connectivity index (χ3v) is 4.71. The Morgan fingerprint density at radius 2 is 0.927 bits per heavy atom. The average Bonchev–Trinajstić information content (AvgIpc) is 3.64. The number of rotatable bonds is 0. The van der Waals surface area contributed by atoms with E-state index in [1.165, 1.54) is 0 Å². The monoisotopic (exact) mass is 572 g/mol. The van der Waals surface area contributed by atoms with Gasteiger partial charge in [-0.25, -0.2) is 24.0 Å². The number of cyclic esters (lactones) is 10. The van der Waals surface area contributed by atoms with Gasteiger partial charge in [0.25, 0.3) is 0 Å². The van der Waals surface area contributed by atoms with Crippen LogP contribution in [-0.2, 0) is 62.0 Å². The zero-order valence-electron chi connectivity index (χ0n) is 21.0. The molecule has 0 unspecified atom stereocenters. The van der Waals surface area contributed by atoms with Crippen molar-refractivity contribution in [3.63, 3.8) is 0 Å². The standard InChI is InChI=1S/C8H4O3.C5H4O3.C5H6O3.C4H4O3.C4H2O3/c9-7-5-3-1-2-4-6(5)8(10)11-7;1-3-2-4(6)8-5(3)7;6-4-2-1-3-5(7)8-4;2*5-3-1-2-4(6)7-3/h1-4H;1-2H2;1-3H2;1-2H2;1-2H. The van der Waals surface area contributed by atoms with Crippen LogP contribution in [0.25, 0.3) is 0 Å². The van der Waals surface area contributed by atoms with Crippen LogP contribution in [0.15, 0.2) is 48.6 Å². The maximum Gasteiger partial charge on any atom is 0.346 e. The summed E-state index contributed by atoms with van der Waals surface area (Å²) in [5.41, 5.74) is 0.963. The van der Waals surface area contributed by atoms with Crippen LogP contribution < -0.4 is 0 Å². The first-order chi connectivity index (χ1) is 19.3. The van der Waals surface area contributed by atoms with E-state index in [1.54, 1.807) is 24.3 Å². The summed E-state index contributed by atoms with van der Waals surface area (Å²) in [6.07, 6.45) is 4.19. The molecule has 6 rings (SSSR count). The van der Waals surface area contributed by atoms with Gasteiger partial charge in [0, 0.05) is 30.6 Å². The van der Waals surface area contributed by atoms with Gasteiger partial charge in [0.05, 0.1) is 30.4 Å². The van der Waals surface area contributed by atoms with Crippen LogP contribution in [0.4, 0.5) is 0 Å². The Balaban J connectivity index is 0.000000182. The second-order valence-electron chi connectivity index (χ2n) is 7.88. The summed E-state index contributed by atoms with van der Waals surface area (Å²) in [4.78, 5) is 102. The number of benzene rings is 1. The van der Waals surface area contributed by atoms with E-state index in [2.05, 4.69) is 30.3 Å². The molecule has 214 valence electrons. The minimum Gasteiger partial charge on any atom is -0.393 e. The molecule has 0 atom stereocenters. The van der Waals surface area contributed by atoms with E-state index in [0.717, 1.165) is 12.2 Å². The fourth-order valence-electron chi connectivity index (χ4n) is 2.83. The van der Waals surface area contributed by atoms with E-state index in [4.69, 9.17) is 0 Å². The Kier molecular flexibility index (Phi) is 11.6. The van der Waals surface area contributed by atoms with Crippen molar-refractivity contribution >= 4 is 59.7 Å². The summed E-state index contributed by atoms with van der Waals surface area (Å²) < 4.78 is 20.7. The van der Waals surface area contributed by atoms with Crippen molar-refractivity contribution in [2.75, 3.05) is 0 Å². The van der Waals surface area contributed by atoms with Gasteiger partial charge in [-0.15, -0.1) is 0 Å². The van der Waals surface area contributed by atoms with E-state index in [0.29, 0.717) is 30.4 Å². The number of carbonyl (C=O) groups is 10. The highest BCUT2D eigenvalue weighted by molar-refractivity contribution is 6.14. The van der Waals surface area contributed by atoms with Crippen molar-refractivity contribution < 1.29 is 71.6 Å². The predicted molar refractivity (Wildman–Crippen MR) is 127 cm³/mol. The second-order valence-corrected chi connectivity index (χ2v) is 7.88. The lowest BCUT2D eigenvalue weighted by Gasteiger charge is -2.06. The van der Waals surface area contributed by atoms with Crippen LogP contribution in [0.3, 0.4) is 0 Å². The van der Waals surface area contributed by atoms with Gasteiger partial charge in [-0.2, -0.15) is 0 Å². The number of hydrogen-bond donors (Lipinski definition) is 0. The second kappa shape index (κ2) is 15.1. The van der Waals surface area contributed by atoms with Crippen molar-refractivity contribution in [1.29, 1.82) is 0 Å². The molecule has 0 aliphatic carbocycles. The zero-order chi connectivity index (χ0) is 30.5. The molecule has 0 saturated carbocycles. The first kappa shape index (κ1) is 31.6. The first-order valence-electron chi connectivity index (χ1n) is 11.5. The molecule has 0 N–H and O–H groups in total. The molecule has 0 radical (unpaired) electrons. The molecule has 3 fully saturated rings. The highest BCUT2D eigenvalue weighted by Crippen LogP contribution is 2.18. The molecule has 1 aromatic carbocycles. The van der Waals surface area contributed by atoms with Crippen molar-refractivity contribution in [1.82, 2.24) is 0 Å². The lowest BCUT2D eigenvalue weighted by Crippen LogP contribution is -2.17. The molecule has 5 heterocycles. The Morgan fingerprint density at radius 3 is 1.15 bits per heavy atom. The summed E-state index contributed by atoms with van der Waals surface area (Å²) in [6, 6.07) is 6.53. The Hall–Kier alpha value is -5.60. The topological polar surface area (TPSA) is 217 Å². The lowest BCUT2D eigenvalue weighted by molar-refractivity contribution is -0.163. The van der Waals surface area contributed by atoms with Gasteiger partial charge in [0.1, 0.15) is 0 Å². The zero-order valence-corrected chi connectivity index (χ0v) is 21.0. The highest BCUT2D eigenvalue weighted by atomic mass is 16.6. The van der Waals surface area contributed by atoms with E-state index in [-0.39, 0.29) is 36.8 Å². The van der Waals surface area contributed by atoms with Gasteiger partial charge in [0.2, 0.25) is 0 Å². The van der Waals surface area contributed by atoms with Gasteiger partial charge in [-0.05, 0) is 18.6 Å². The van der Waals surface area contributed by atoms with Crippen LogP contribution in [0.1, 0.15) is 59.2 Å². The van der Waals surface area contributed by atoms with Crippen LogP contribution in [0, 0.1) is 0 Å². The average molecular weight is 572 g/mol. The van der Waals surface area contributed by atoms with Crippen LogP contribution in [-0.4, -0.2) is 59.7 Å². The minimum atomic E-state index is -0.588. The fourth-order valence-corrected chi connectivity index (χ4v) is 2.83. The van der Waals surface area contributed by atoms with Crippen LogP contribution >= 0.6 is 0 Å². The summed E-state index contributed by atoms with van der Waals surface area (Å²) >= 11 is 0. The van der Waals surface area contributed by atoms with E-state index >= 15 is 0 Å². The van der Waals surface area contributed by atoms with Crippen molar-refractivity contribution in [2.24, 2.45) is 0 Å². The summed E-state index contributed by atoms with van der Waals surface area (Å²) in [5.74, 6) is -4.92. The molecule has 5 aliphatic heterocycles. The van der Waals surface area contributed by atoms with E-state index in [1.807, 2.05) is 0 Å². The van der Waals surface area contributed by atoms with Crippen molar-refractivity contribution in [3.8, 4) is 0 Å². The molecule has 0 bridgehead atoms. The third kappa shape index (κ3) is 11.0. The summed E-state index contributed by atoms with van der Waals surface area (Å²) in [7, 11) is 0. The highest BCUT2D eigenvalue weighted by Gasteiger charge is 2.28. The molecule has 5 aliphatic rings. The smallest absolute Gasteiger partial charge is 0.346 e. The molecule has 0 amide bonds. The number of fused-ring (bicyclic) bond motifs is 1. The van der Waals surface area contributed by atoms with Gasteiger partial charge in [0.15, 0.2) is 0 Å². The molecular weight excluding hydrogens is 552 g/mol. The van der Waals surface area contributed by atoms with Crippen molar-refractivity contribution in [2.45, 2.75) is 38.5 Å². The first-order valence-corrected chi connectivity index (χ1v) is 11.5. The molecule has 1 aromatic rings. The minimum absolute atomic E-state index is 0.0544. The molecule has 0 spiro atoms. The number of hydrogen-bond acceptors (Lipinski definition) is 15. The van der Waals surface area contributed by atoms with E-state index < -0.39 is 47.8 Å². The number of ether oxygens (including phenoxy) is 5. The molecule has 15 heteroatoms. The molecule has 0 aromatic heterocycles. The van der Waals surface area contributed by atoms with Crippen LogP contribution in [0.5, 0.6) is 0 Å². The number of esters is 10. The van der Waals surface area contributed by atoms with Gasteiger partial charge >= 0.3 is 59.7 Å². The molecule has 41 heavy (non-hydrogen) atoms. The van der Waals surface area contributed by atoms with Gasteiger partial charge in [-0.1, -0.05) is 18.7 Å². The molecule has 15 nitrogen and oxygen atoms in total. The number of carbonyl (C=O) groups excluding carboxylic acids is 10. The summed E-state index contributed by atoms with van der Waals surface area (Å²) in [6.45, 7) is 3.29. The quantitative estimate of drug-likeness (QED) is 0.181. The Labute approximate surface area is 230 Å². The SMILES string of the molecule is C=C1CC(=O)OC1=O.O=C1C=CC(=O)O1.O=C1CCC(=O)O1.O=C1CCCC(=O)O1.O=C1OC(=O)c2ccccc21. The molecular formula is C26H20O15.